The molecular weight excluding hydrogens is 955 g/mol. The normalized spacial score (nSPS) is 23.1. The first kappa shape index (κ1) is 32.4. The van der Waals surface area contributed by atoms with Crippen LogP contribution >= 0.6 is 0 Å². The number of likely N-dealkylation sites (N-methyl/N-ethyl adjacent to an activating group) is 1. The van der Waals surface area contributed by atoms with Crippen LogP contribution in [0.5, 0.6) is 5.75 Å². The summed E-state index contributed by atoms with van der Waals surface area (Å²) in [6.45, 7) is 15.2. The lowest BCUT2D eigenvalue weighted by molar-refractivity contribution is 0.262. The average molecular weight is 982 g/mol. The summed E-state index contributed by atoms with van der Waals surface area (Å²) in [4.78, 5) is 2.87. The van der Waals surface area contributed by atoms with Gasteiger partial charge in [0.25, 0.3) is 0 Å². The summed E-state index contributed by atoms with van der Waals surface area (Å²) in [5.41, 5.74) is 9.06. The van der Waals surface area contributed by atoms with Crippen molar-refractivity contribution >= 4 is 291 Å². The predicted octanol–water partition coefficient (Wildman–Crippen LogP) is 20.3. The van der Waals surface area contributed by atoms with Gasteiger partial charge < -0.3 is 5.11 Å². The molecule has 34 rings (SSSR count). The molecule has 0 bridgehead atoms. The van der Waals surface area contributed by atoms with Crippen LogP contribution in [0.3, 0.4) is 0 Å². The molecule has 29 aromatic rings. The third-order valence-electron chi connectivity index (χ3n) is 28.0. The number of likely N-dealkylation sites (tertiary alicyclic amines) is 1. The third-order valence-corrected chi connectivity index (χ3v) is 28.0. The second-order valence-electron chi connectivity index (χ2n) is 31.2. The largest absolute Gasteiger partial charge is 0.507 e. The first-order chi connectivity index (χ1) is 38.5. The van der Waals surface area contributed by atoms with Crippen molar-refractivity contribution in [3.63, 3.8) is 0 Å². The lowest BCUT2D eigenvalue weighted by Crippen LogP contribution is -2.52. The zero-order chi connectivity index (χ0) is 49.1. The van der Waals surface area contributed by atoms with Crippen molar-refractivity contribution in [3.05, 3.63) is 51.1 Å². The summed E-state index contributed by atoms with van der Waals surface area (Å²) in [7, 11) is 2.52. The number of benzene rings is 19. The Balaban J connectivity index is 1.07. The summed E-state index contributed by atoms with van der Waals surface area (Å²) >= 11 is 0. The number of aromatic hydroxyl groups is 1. The average Bonchev–Trinajstić information content (AvgIpc) is 1.41. The second kappa shape index (κ2) is 7.34. The van der Waals surface area contributed by atoms with Crippen molar-refractivity contribution < 1.29 is 5.11 Å². The van der Waals surface area contributed by atoms with Gasteiger partial charge in [-0.3, -0.25) is 4.90 Å². The molecule has 1 unspecified atom stereocenters. The number of nitrogens with zero attached hydrogens (tertiary/aromatic N) is 1. The van der Waals surface area contributed by atoms with E-state index in [1.807, 2.05) is 0 Å². The van der Waals surface area contributed by atoms with E-state index in [1.165, 1.54) is 5.56 Å². The predicted molar refractivity (Wildman–Crippen MR) is 335 cm³/mol. The van der Waals surface area contributed by atoms with Gasteiger partial charge in [0, 0.05) is 12.1 Å². The Morgan fingerprint density at radius 1 is 0.316 bits per heavy atom. The van der Waals surface area contributed by atoms with Crippen LogP contribution < -0.4 is 0 Å². The first-order valence-corrected chi connectivity index (χ1v) is 29.8. The number of rotatable bonds is 1. The van der Waals surface area contributed by atoms with Crippen molar-refractivity contribution in [2.45, 2.75) is 69.2 Å². The fourth-order valence-electron chi connectivity index (χ4n) is 27.4. The molecular formula is C77H27NO. The van der Waals surface area contributed by atoms with Gasteiger partial charge in [-0.15, -0.1) is 0 Å². The molecule has 1 fully saturated rings. The van der Waals surface area contributed by atoms with Gasteiger partial charge in [-0.2, -0.15) is 0 Å². The fraction of sp³-hybridized carbons (Fsp3) is 0.169. The van der Waals surface area contributed by atoms with Crippen LogP contribution in [0.15, 0.2) is 12.1 Å². The SMILES string of the molecule is CN1CC23c4c5c6c7c8c9c(c%10c%11c2c2c4c4c%12c5c5c6c6c8c8c%13c9c9c%10c%10c%11c%11c2c2c4c4c%12c%12c5c5c6c8c6c8c%13c9c9c%10c%10c%11c2c2c4c4c%12c5c6c5c8c9c%10c2c45)C73C1c1cc(C(C)(C)C)cc(C(C)(C)C)c1O. The molecule has 2 nitrogen and oxygen atoms in total. The molecule has 0 aromatic heterocycles. The van der Waals surface area contributed by atoms with Crippen LogP contribution in [0.2, 0.25) is 0 Å². The van der Waals surface area contributed by atoms with Gasteiger partial charge >= 0.3 is 0 Å². The Bertz CT molecular complexity index is 7600. The highest BCUT2D eigenvalue weighted by Gasteiger charge is 2.76. The van der Waals surface area contributed by atoms with Gasteiger partial charge in [0.05, 0.1) is 16.9 Å². The van der Waals surface area contributed by atoms with E-state index in [0.717, 1.165) is 17.7 Å². The molecule has 0 saturated carbocycles. The molecule has 2 spiro atoms. The molecule has 2 heteroatoms. The summed E-state index contributed by atoms with van der Waals surface area (Å²) in [6, 6.07) is 4.83. The fourth-order valence-corrected chi connectivity index (χ4v) is 27.4. The van der Waals surface area contributed by atoms with Gasteiger partial charge in [-0.25, -0.2) is 0 Å². The Kier molecular flexibility index (Phi) is 3.01. The van der Waals surface area contributed by atoms with Crippen molar-refractivity contribution in [2.75, 3.05) is 13.6 Å². The summed E-state index contributed by atoms with van der Waals surface area (Å²) in [5, 5.41) is 102. The summed E-state index contributed by atoms with van der Waals surface area (Å²) in [6.07, 6.45) is 0. The molecule has 0 amide bonds. The number of phenols is 1. The molecule has 4 aliphatic carbocycles. The minimum Gasteiger partial charge on any atom is -0.507 e. The first-order valence-electron chi connectivity index (χ1n) is 29.8. The highest BCUT2D eigenvalue weighted by molar-refractivity contribution is 6.82. The van der Waals surface area contributed by atoms with E-state index < -0.39 is 10.8 Å². The number of hydrogen-bond acceptors (Lipinski definition) is 2. The maximum atomic E-state index is 13.9. The lowest BCUT2D eigenvalue weighted by atomic mass is 9.47. The molecule has 0 radical (unpaired) electrons. The Morgan fingerprint density at radius 2 is 0.532 bits per heavy atom. The van der Waals surface area contributed by atoms with Gasteiger partial charge in [0.15, 0.2) is 0 Å². The van der Waals surface area contributed by atoms with E-state index in [0.29, 0.717) is 5.75 Å². The van der Waals surface area contributed by atoms with Gasteiger partial charge in [0.1, 0.15) is 5.75 Å². The van der Waals surface area contributed by atoms with Crippen LogP contribution in [-0.4, -0.2) is 23.6 Å². The maximum absolute atomic E-state index is 13.9. The zero-order valence-electron chi connectivity index (χ0n) is 43.3. The second-order valence-corrected chi connectivity index (χ2v) is 31.2. The van der Waals surface area contributed by atoms with Crippen LogP contribution in [0.25, 0.3) is 291 Å². The smallest absolute Gasteiger partial charge is 0.124 e. The summed E-state index contributed by atoms with van der Waals surface area (Å²) in [5.74, 6) is 0.534. The maximum Gasteiger partial charge on any atom is 0.124 e. The molecule has 5 aliphatic rings. The molecule has 1 heterocycles. The van der Waals surface area contributed by atoms with Gasteiger partial charge in [-0.1, -0.05) is 47.6 Å². The highest BCUT2D eigenvalue weighted by atomic mass is 16.3. The van der Waals surface area contributed by atoms with E-state index in [1.54, 1.807) is 313 Å². The van der Waals surface area contributed by atoms with Gasteiger partial charge in [0.2, 0.25) is 0 Å². The minimum absolute atomic E-state index is 0.119. The Labute approximate surface area is 438 Å². The number of phenolic OH excluding ortho intramolecular Hbond substituents is 1. The summed E-state index contributed by atoms with van der Waals surface area (Å²) < 4.78 is 0. The molecule has 1 saturated heterocycles. The van der Waals surface area contributed by atoms with Crippen LogP contribution in [-0.2, 0) is 21.7 Å². The molecule has 1 atom stereocenters. The molecule has 346 valence electrons. The van der Waals surface area contributed by atoms with E-state index in [9.17, 15) is 5.11 Å². The van der Waals surface area contributed by atoms with Crippen molar-refractivity contribution in [1.29, 1.82) is 0 Å². The highest BCUT2D eigenvalue weighted by Crippen LogP contribution is 2.87. The standard InChI is InChI=1S/C77H27NO/c1-74(2,3)11-8-12(72(79)13(9-11)75(4,5)6)73-77-70-64-58-48-36-28-20-16-14-15-18-22(20)30(36)40-34-26(18)27-19(15)23-21-17(14)25-24(16)32-38(28)46-52-42(32)43-33(25)39-29(21)37-31(23)41-35(27)45-44(34)56(50(40)58)66(70)67-57(45)51(41)59-49(37)55-47(39)53(43)61-60(52)68(62(64)54(46)48)76(77,10-78(73)7)69(61)63(55)65(59)71(67)77/h8-9,73,79H,10H2,1-7H3. The minimum atomic E-state index is -0.518. The van der Waals surface area contributed by atoms with E-state index in [-0.39, 0.29) is 16.9 Å². The Hall–Kier alpha value is -8.56. The van der Waals surface area contributed by atoms with Gasteiger partial charge in [-0.05, 0) is 348 Å². The van der Waals surface area contributed by atoms with Crippen molar-refractivity contribution in [1.82, 2.24) is 4.90 Å². The monoisotopic (exact) mass is 981 g/mol. The van der Waals surface area contributed by atoms with E-state index >= 15 is 0 Å². The van der Waals surface area contributed by atoms with E-state index in [2.05, 4.69) is 65.6 Å². The molecule has 1 aliphatic heterocycles. The molecule has 1 N–H and O–H groups in total. The lowest BCUT2D eigenvalue weighted by Gasteiger charge is -2.52. The van der Waals surface area contributed by atoms with Crippen LogP contribution in [0, 0.1) is 0 Å². The van der Waals surface area contributed by atoms with E-state index in [4.69, 9.17) is 0 Å². The topological polar surface area (TPSA) is 23.5 Å². The zero-order valence-corrected chi connectivity index (χ0v) is 43.3. The Morgan fingerprint density at radius 3 is 0.747 bits per heavy atom. The third kappa shape index (κ3) is 1.87. The van der Waals surface area contributed by atoms with Crippen molar-refractivity contribution in [3.8, 4) is 5.75 Å². The van der Waals surface area contributed by atoms with Crippen molar-refractivity contribution in [2.24, 2.45) is 0 Å². The quantitative estimate of drug-likeness (QED) is 0.166. The van der Waals surface area contributed by atoms with Crippen LogP contribution in [0.4, 0.5) is 0 Å². The molecule has 29 aromatic carbocycles. The molecule has 79 heavy (non-hydrogen) atoms. The number of hydrogen-bond donors (Lipinski definition) is 1. The van der Waals surface area contributed by atoms with Crippen LogP contribution in [0.1, 0.15) is 86.5 Å².